The van der Waals surface area contributed by atoms with E-state index in [0.717, 1.165) is 23.5 Å². The van der Waals surface area contributed by atoms with Crippen molar-refractivity contribution < 1.29 is 19.1 Å². The molecule has 0 radical (unpaired) electrons. The lowest BCUT2D eigenvalue weighted by molar-refractivity contribution is -0.125. The maximum absolute atomic E-state index is 13.5. The first-order chi connectivity index (χ1) is 17.4. The summed E-state index contributed by atoms with van der Waals surface area (Å²) in [7, 11) is 1.57. The van der Waals surface area contributed by atoms with Crippen LogP contribution in [0.1, 0.15) is 57.2 Å². The van der Waals surface area contributed by atoms with Crippen molar-refractivity contribution in [2.75, 3.05) is 30.0 Å². The monoisotopic (exact) mass is 504 g/mol. The normalized spacial score (nSPS) is 18.2. The van der Waals surface area contributed by atoms with Crippen LogP contribution in [0.15, 0.2) is 47.8 Å². The Labute approximate surface area is 213 Å². The van der Waals surface area contributed by atoms with E-state index < -0.39 is 0 Å². The van der Waals surface area contributed by atoms with Gasteiger partial charge in [0.15, 0.2) is 0 Å². The Kier molecular flexibility index (Phi) is 6.49. The number of benzene rings is 2. The third-order valence-electron chi connectivity index (χ3n) is 6.80. The number of hydrogen-bond acceptors (Lipinski definition) is 7. The molecule has 0 aliphatic carbocycles. The van der Waals surface area contributed by atoms with E-state index in [0.29, 0.717) is 41.3 Å². The zero-order valence-corrected chi connectivity index (χ0v) is 21.3. The lowest BCUT2D eigenvalue weighted by Gasteiger charge is -2.35. The van der Waals surface area contributed by atoms with Gasteiger partial charge in [0.25, 0.3) is 11.8 Å². The number of nitrogens with one attached hydrogen (secondary N) is 1. The molecule has 1 N–H and O–H groups in total. The Morgan fingerprint density at radius 3 is 2.64 bits per heavy atom. The smallest absolute Gasteiger partial charge is 0.268 e. The first kappa shape index (κ1) is 24.0. The van der Waals surface area contributed by atoms with Gasteiger partial charge < -0.3 is 15.0 Å². The van der Waals surface area contributed by atoms with Crippen LogP contribution in [-0.2, 0) is 4.79 Å². The summed E-state index contributed by atoms with van der Waals surface area (Å²) in [6, 6.07) is 12.0. The van der Waals surface area contributed by atoms with Crippen LogP contribution >= 0.6 is 11.3 Å². The Morgan fingerprint density at radius 2 is 1.94 bits per heavy atom. The number of fused-ring (bicyclic) bond motifs is 1. The standard InChI is InChI=1S/C27H28N4O4S/c1-16(22-15-36-17(2)29-22)28-25(32)18-6-5-13-30(14-18)23-8-4-7-21-24(23)27(34)31(26(21)33)19-9-11-20(35-3)12-10-19/h4,7-12,15-16,18H,5-6,13-14H2,1-3H3,(H,28,32)/t16-,18-/m0/s1. The SMILES string of the molecule is COc1ccc(N2C(=O)c3cccc(N4CCC[C@H](C(=O)N[C@@H](C)c5csc(C)n5)C4)c3C2=O)cc1. The molecule has 2 atom stereocenters. The summed E-state index contributed by atoms with van der Waals surface area (Å²) < 4.78 is 5.19. The fourth-order valence-corrected chi connectivity index (χ4v) is 5.60. The molecule has 1 saturated heterocycles. The Balaban J connectivity index is 1.36. The third kappa shape index (κ3) is 4.35. The molecule has 0 spiro atoms. The number of amides is 3. The van der Waals surface area contributed by atoms with Crippen molar-refractivity contribution in [1.82, 2.24) is 10.3 Å². The lowest BCUT2D eigenvalue weighted by atomic mass is 9.95. The first-order valence-corrected chi connectivity index (χ1v) is 12.9. The van der Waals surface area contributed by atoms with Crippen LogP contribution < -0.4 is 19.9 Å². The molecule has 0 unspecified atom stereocenters. The molecule has 2 aliphatic rings. The molecule has 0 bridgehead atoms. The number of aromatic nitrogens is 1. The van der Waals surface area contributed by atoms with E-state index in [-0.39, 0.29) is 29.7 Å². The maximum atomic E-state index is 13.5. The number of rotatable bonds is 6. The minimum absolute atomic E-state index is 0.0207. The molecule has 1 aromatic heterocycles. The second kappa shape index (κ2) is 9.73. The number of carbonyl (C=O) groups excluding carboxylic acids is 3. The van der Waals surface area contributed by atoms with Crippen LogP contribution in [0.2, 0.25) is 0 Å². The Bertz CT molecular complexity index is 1320. The van der Waals surface area contributed by atoms with Crippen molar-refractivity contribution in [3.63, 3.8) is 0 Å². The van der Waals surface area contributed by atoms with Gasteiger partial charge in [-0.1, -0.05) is 6.07 Å². The topological polar surface area (TPSA) is 91.8 Å². The molecule has 9 heteroatoms. The average molecular weight is 505 g/mol. The second-order valence-electron chi connectivity index (χ2n) is 9.15. The second-order valence-corrected chi connectivity index (χ2v) is 10.2. The van der Waals surface area contributed by atoms with Crippen molar-refractivity contribution in [2.45, 2.75) is 32.7 Å². The van der Waals surface area contributed by atoms with Gasteiger partial charge in [-0.05, 0) is 63.1 Å². The summed E-state index contributed by atoms with van der Waals surface area (Å²) >= 11 is 1.56. The van der Waals surface area contributed by atoms with E-state index in [1.54, 1.807) is 54.8 Å². The number of methoxy groups -OCH3 is 1. The van der Waals surface area contributed by atoms with E-state index in [9.17, 15) is 14.4 Å². The molecule has 1 fully saturated rings. The van der Waals surface area contributed by atoms with E-state index in [4.69, 9.17) is 4.74 Å². The maximum Gasteiger partial charge on any atom is 0.268 e. The van der Waals surface area contributed by atoms with Gasteiger partial charge in [0.05, 0.1) is 52.3 Å². The first-order valence-electron chi connectivity index (χ1n) is 12.0. The molecule has 0 saturated carbocycles. The fraction of sp³-hybridized carbons (Fsp3) is 0.333. The number of carbonyl (C=O) groups is 3. The van der Waals surface area contributed by atoms with Crippen molar-refractivity contribution in [3.8, 4) is 5.75 Å². The van der Waals surface area contributed by atoms with Gasteiger partial charge in [0.1, 0.15) is 5.75 Å². The number of ether oxygens (including phenoxy) is 1. The minimum Gasteiger partial charge on any atom is -0.497 e. The number of imide groups is 1. The number of thiazole rings is 1. The van der Waals surface area contributed by atoms with Crippen LogP contribution in [0.4, 0.5) is 11.4 Å². The molecular formula is C27H28N4O4S. The largest absolute Gasteiger partial charge is 0.497 e. The molecule has 36 heavy (non-hydrogen) atoms. The van der Waals surface area contributed by atoms with E-state index >= 15 is 0 Å². The van der Waals surface area contributed by atoms with Gasteiger partial charge >= 0.3 is 0 Å². The van der Waals surface area contributed by atoms with Crippen molar-refractivity contribution in [3.05, 3.63) is 69.7 Å². The summed E-state index contributed by atoms with van der Waals surface area (Å²) in [5.74, 6) is -0.294. The molecule has 5 rings (SSSR count). The van der Waals surface area contributed by atoms with Crippen LogP contribution in [-0.4, -0.2) is 42.9 Å². The van der Waals surface area contributed by atoms with Crippen molar-refractivity contribution in [1.29, 1.82) is 0 Å². The predicted octanol–water partition coefficient (Wildman–Crippen LogP) is 4.35. The average Bonchev–Trinajstić information content (AvgIpc) is 3.45. The highest BCUT2D eigenvalue weighted by atomic mass is 32.1. The quantitative estimate of drug-likeness (QED) is 0.502. The molecule has 2 aromatic carbocycles. The predicted molar refractivity (Wildman–Crippen MR) is 139 cm³/mol. The van der Waals surface area contributed by atoms with Crippen molar-refractivity contribution >= 4 is 40.4 Å². The summed E-state index contributed by atoms with van der Waals surface area (Å²) in [4.78, 5) is 47.6. The van der Waals surface area contributed by atoms with E-state index in [1.165, 1.54) is 4.90 Å². The number of aryl methyl sites for hydroxylation is 1. The van der Waals surface area contributed by atoms with Gasteiger partial charge in [-0.2, -0.15) is 0 Å². The number of nitrogens with zero attached hydrogens (tertiary/aromatic N) is 3. The summed E-state index contributed by atoms with van der Waals surface area (Å²) in [6.07, 6.45) is 1.58. The molecule has 186 valence electrons. The highest BCUT2D eigenvalue weighted by molar-refractivity contribution is 7.09. The van der Waals surface area contributed by atoms with Crippen LogP contribution in [0.25, 0.3) is 0 Å². The molecular weight excluding hydrogens is 476 g/mol. The number of anilines is 2. The minimum atomic E-state index is -0.352. The lowest BCUT2D eigenvalue weighted by Crippen LogP contribution is -2.44. The van der Waals surface area contributed by atoms with Gasteiger partial charge in [-0.15, -0.1) is 11.3 Å². The van der Waals surface area contributed by atoms with Gasteiger partial charge in [0, 0.05) is 18.5 Å². The molecule has 3 amide bonds. The zero-order chi connectivity index (χ0) is 25.4. The number of piperidine rings is 1. The zero-order valence-electron chi connectivity index (χ0n) is 20.5. The summed E-state index contributed by atoms with van der Waals surface area (Å²) in [5, 5.41) is 6.03. The van der Waals surface area contributed by atoms with Gasteiger partial charge in [0.2, 0.25) is 5.91 Å². The molecule has 3 heterocycles. The third-order valence-corrected chi connectivity index (χ3v) is 7.59. The van der Waals surface area contributed by atoms with Crippen molar-refractivity contribution in [2.24, 2.45) is 5.92 Å². The van der Waals surface area contributed by atoms with Gasteiger partial charge in [-0.3, -0.25) is 14.4 Å². The molecule has 3 aromatic rings. The van der Waals surface area contributed by atoms with Crippen LogP contribution in [0.5, 0.6) is 5.75 Å². The van der Waals surface area contributed by atoms with Gasteiger partial charge in [-0.25, -0.2) is 9.88 Å². The molecule has 2 aliphatic heterocycles. The molecule has 8 nitrogen and oxygen atoms in total. The summed E-state index contributed by atoms with van der Waals surface area (Å²) in [5.41, 5.74) is 2.83. The fourth-order valence-electron chi connectivity index (χ4n) is 4.89. The Hall–Kier alpha value is -3.72. The Morgan fingerprint density at radius 1 is 1.17 bits per heavy atom. The highest BCUT2D eigenvalue weighted by Gasteiger charge is 2.40. The summed E-state index contributed by atoms with van der Waals surface area (Å²) in [6.45, 7) is 5.08. The number of hydrogen-bond donors (Lipinski definition) is 1. The van der Waals surface area contributed by atoms with Crippen LogP contribution in [0.3, 0.4) is 0 Å². The van der Waals surface area contributed by atoms with Crippen LogP contribution in [0, 0.1) is 12.8 Å². The van der Waals surface area contributed by atoms with E-state index in [1.807, 2.05) is 25.3 Å². The highest BCUT2D eigenvalue weighted by Crippen LogP contribution is 2.36. The van der Waals surface area contributed by atoms with E-state index in [2.05, 4.69) is 15.2 Å².